The molecule has 0 saturated carbocycles. The third-order valence-corrected chi connectivity index (χ3v) is 3.71. The lowest BCUT2D eigenvalue weighted by atomic mass is 10.1. The highest BCUT2D eigenvalue weighted by atomic mass is 35.5. The molecule has 1 aromatic rings. The summed E-state index contributed by atoms with van der Waals surface area (Å²) in [4.78, 5) is 15.8. The van der Waals surface area contributed by atoms with Crippen molar-refractivity contribution in [1.29, 1.82) is 0 Å². The molecule has 23 heavy (non-hydrogen) atoms. The first kappa shape index (κ1) is 21.9. The summed E-state index contributed by atoms with van der Waals surface area (Å²) >= 11 is 0. The molecule has 1 heterocycles. The van der Waals surface area contributed by atoms with E-state index in [0.29, 0.717) is 25.4 Å². The molecule has 0 radical (unpaired) electrons. The average Bonchev–Trinajstić information content (AvgIpc) is 2.47. The SMILES string of the molecule is COc1ccc(F)cc1CN1CCN(C(=O)C(C)N)CC1.Cl.Cl. The van der Waals surface area contributed by atoms with Gasteiger partial charge in [-0.1, -0.05) is 0 Å². The molecule has 1 amide bonds. The molecule has 1 saturated heterocycles. The molecule has 1 aliphatic rings. The summed E-state index contributed by atoms with van der Waals surface area (Å²) < 4.78 is 18.6. The van der Waals surface area contributed by atoms with Crippen molar-refractivity contribution in [2.75, 3.05) is 33.3 Å². The van der Waals surface area contributed by atoms with Gasteiger partial charge in [0, 0.05) is 38.3 Å². The lowest BCUT2D eigenvalue weighted by Crippen LogP contribution is -2.52. The molecule has 2 rings (SSSR count). The van der Waals surface area contributed by atoms with Gasteiger partial charge in [0.1, 0.15) is 11.6 Å². The number of hydrogen-bond donors (Lipinski definition) is 1. The van der Waals surface area contributed by atoms with Crippen molar-refractivity contribution in [1.82, 2.24) is 9.80 Å². The molecular formula is C15H24Cl2FN3O2. The minimum absolute atomic E-state index is 0. The first-order chi connectivity index (χ1) is 10.0. The van der Waals surface area contributed by atoms with E-state index in [1.54, 1.807) is 25.0 Å². The van der Waals surface area contributed by atoms with Gasteiger partial charge in [-0.15, -0.1) is 24.8 Å². The third kappa shape index (κ3) is 5.80. The van der Waals surface area contributed by atoms with Crippen molar-refractivity contribution in [2.45, 2.75) is 19.5 Å². The van der Waals surface area contributed by atoms with E-state index in [1.807, 2.05) is 0 Å². The Morgan fingerprint density at radius 3 is 2.43 bits per heavy atom. The Balaban J connectivity index is 0.00000242. The van der Waals surface area contributed by atoms with E-state index in [9.17, 15) is 9.18 Å². The maximum atomic E-state index is 13.4. The Morgan fingerprint density at radius 2 is 1.91 bits per heavy atom. The van der Waals surface area contributed by atoms with Crippen LogP contribution in [-0.2, 0) is 11.3 Å². The summed E-state index contributed by atoms with van der Waals surface area (Å²) in [5.41, 5.74) is 6.44. The molecule has 8 heteroatoms. The fourth-order valence-electron chi connectivity index (χ4n) is 2.53. The topological polar surface area (TPSA) is 58.8 Å². The molecule has 2 N–H and O–H groups in total. The quantitative estimate of drug-likeness (QED) is 0.879. The molecule has 1 aliphatic heterocycles. The molecule has 0 spiro atoms. The number of hydrogen-bond acceptors (Lipinski definition) is 4. The number of methoxy groups -OCH3 is 1. The number of carbonyl (C=O) groups is 1. The van der Waals surface area contributed by atoms with Gasteiger partial charge < -0.3 is 15.4 Å². The fraction of sp³-hybridized carbons (Fsp3) is 0.533. The zero-order valence-electron chi connectivity index (χ0n) is 13.3. The van der Waals surface area contributed by atoms with Gasteiger partial charge in [0.2, 0.25) is 5.91 Å². The van der Waals surface area contributed by atoms with Crippen LogP contribution < -0.4 is 10.5 Å². The van der Waals surface area contributed by atoms with E-state index < -0.39 is 6.04 Å². The van der Waals surface area contributed by atoms with E-state index in [2.05, 4.69) is 4.90 Å². The first-order valence-electron chi connectivity index (χ1n) is 7.10. The summed E-state index contributed by atoms with van der Waals surface area (Å²) in [5, 5.41) is 0. The molecule has 1 aromatic carbocycles. The maximum absolute atomic E-state index is 13.4. The molecule has 0 bridgehead atoms. The van der Waals surface area contributed by atoms with Gasteiger partial charge >= 0.3 is 0 Å². The molecule has 1 unspecified atom stereocenters. The number of carbonyl (C=O) groups excluding carboxylic acids is 1. The molecule has 0 aromatic heterocycles. The highest BCUT2D eigenvalue weighted by Crippen LogP contribution is 2.21. The largest absolute Gasteiger partial charge is 0.496 e. The Morgan fingerprint density at radius 1 is 1.30 bits per heavy atom. The Hall–Kier alpha value is -1.08. The monoisotopic (exact) mass is 367 g/mol. The minimum atomic E-state index is -0.458. The van der Waals surface area contributed by atoms with Crippen LogP contribution in [0.4, 0.5) is 4.39 Å². The lowest BCUT2D eigenvalue weighted by Gasteiger charge is -2.35. The fourth-order valence-corrected chi connectivity index (χ4v) is 2.53. The highest BCUT2D eigenvalue weighted by Gasteiger charge is 2.23. The van der Waals surface area contributed by atoms with Gasteiger partial charge in [-0.05, 0) is 25.1 Å². The second kappa shape index (κ2) is 9.93. The van der Waals surface area contributed by atoms with E-state index >= 15 is 0 Å². The Labute approximate surface area is 148 Å². The van der Waals surface area contributed by atoms with E-state index in [4.69, 9.17) is 10.5 Å². The minimum Gasteiger partial charge on any atom is -0.496 e. The summed E-state index contributed by atoms with van der Waals surface area (Å²) in [5.74, 6) is 0.403. The van der Waals surface area contributed by atoms with Gasteiger partial charge in [0.05, 0.1) is 13.2 Å². The molecule has 5 nitrogen and oxygen atoms in total. The molecular weight excluding hydrogens is 344 g/mol. The number of amides is 1. The number of rotatable bonds is 4. The van der Waals surface area contributed by atoms with Crippen molar-refractivity contribution in [3.05, 3.63) is 29.6 Å². The van der Waals surface area contributed by atoms with Crippen molar-refractivity contribution < 1.29 is 13.9 Å². The number of benzene rings is 1. The van der Waals surface area contributed by atoms with Crippen LogP contribution >= 0.6 is 24.8 Å². The molecule has 0 aliphatic carbocycles. The highest BCUT2D eigenvalue weighted by molar-refractivity contribution is 5.85. The third-order valence-electron chi connectivity index (χ3n) is 3.71. The lowest BCUT2D eigenvalue weighted by molar-refractivity contribution is -0.134. The van der Waals surface area contributed by atoms with Gasteiger partial charge in [-0.25, -0.2) is 4.39 Å². The normalized spacial score (nSPS) is 16.1. The van der Waals surface area contributed by atoms with Crippen molar-refractivity contribution in [3.63, 3.8) is 0 Å². The molecule has 132 valence electrons. The summed E-state index contributed by atoms with van der Waals surface area (Å²) in [6, 6.07) is 4.07. The van der Waals surface area contributed by atoms with Crippen LogP contribution in [0.3, 0.4) is 0 Å². The Bertz CT molecular complexity index is 509. The predicted molar refractivity (Wildman–Crippen MR) is 93.0 cm³/mol. The van der Waals surface area contributed by atoms with Crippen LogP contribution in [0.1, 0.15) is 12.5 Å². The van der Waals surface area contributed by atoms with Crippen LogP contribution in [0.2, 0.25) is 0 Å². The van der Waals surface area contributed by atoms with Gasteiger partial charge in [-0.3, -0.25) is 9.69 Å². The van der Waals surface area contributed by atoms with E-state index in [0.717, 1.165) is 18.7 Å². The zero-order valence-corrected chi connectivity index (χ0v) is 15.0. The summed E-state index contributed by atoms with van der Waals surface area (Å²) in [6.45, 7) is 5.11. The Kier molecular flexibility index (Phi) is 9.46. The van der Waals surface area contributed by atoms with E-state index in [1.165, 1.54) is 12.1 Å². The number of piperazine rings is 1. The van der Waals surface area contributed by atoms with Crippen LogP contribution in [0.25, 0.3) is 0 Å². The standard InChI is InChI=1S/C15H22FN3O2.2ClH/c1-11(17)15(20)19-7-5-18(6-8-19)10-12-9-13(16)3-4-14(12)21-2;;/h3-4,9,11H,5-8,10,17H2,1-2H3;2*1H. The molecule has 1 fully saturated rings. The first-order valence-corrected chi connectivity index (χ1v) is 7.10. The number of nitrogens with two attached hydrogens (primary N) is 1. The molecule has 1 atom stereocenters. The van der Waals surface area contributed by atoms with Crippen LogP contribution in [0.15, 0.2) is 18.2 Å². The number of ether oxygens (including phenoxy) is 1. The zero-order chi connectivity index (χ0) is 15.4. The number of nitrogens with zero attached hydrogens (tertiary/aromatic N) is 2. The van der Waals surface area contributed by atoms with Gasteiger partial charge in [0.15, 0.2) is 0 Å². The van der Waals surface area contributed by atoms with Crippen LogP contribution in [-0.4, -0.2) is 55.0 Å². The average molecular weight is 368 g/mol. The van der Waals surface area contributed by atoms with Gasteiger partial charge in [-0.2, -0.15) is 0 Å². The summed E-state index contributed by atoms with van der Waals surface area (Å²) in [7, 11) is 1.58. The predicted octanol–water partition coefficient (Wildman–Crippen LogP) is 1.67. The van der Waals surface area contributed by atoms with E-state index in [-0.39, 0.29) is 36.5 Å². The van der Waals surface area contributed by atoms with Crippen molar-refractivity contribution in [3.8, 4) is 5.75 Å². The van der Waals surface area contributed by atoms with Crippen molar-refractivity contribution in [2.24, 2.45) is 5.73 Å². The second-order valence-corrected chi connectivity index (χ2v) is 5.35. The van der Waals surface area contributed by atoms with Gasteiger partial charge in [0.25, 0.3) is 0 Å². The van der Waals surface area contributed by atoms with Crippen molar-refractivity contribution >= 4 is 30.7 Å². The summed E-state index contributed by atoms with van der Waals surface area (Å²) in [6.07, 6.45) is 0. The maximum Gasteiger partial charge on any atom is 0.239 e. The van der Waals surface area contributed by atoms with Crippen LogP contribution in [0, 0.1) is 5.82 Å². The smallest absolute Gasteiger partial charge is 0.239 e. The second-order valence-electron chi connectivity index (χ2n) is 5.35. The van der Waals surface area contributed by atoms with Crippen LogP contribution in [0.5, 0.6) is 5.75 Å². The number of halogens is 3.